The third-order valence-electron chi connectivity index (χ3n) is 8.04. The van der Waals surface area contributed by atoms with Gasteiger partial charge in [-0.15, -0.1) is 11.3 Å². The Hall–Kier alpha value is -1.58. The first-order valence-corrected chi connectivity index (χ1v) is 13.6. The molecule has 0 amide bonds. The van der Waals surface area contributed by atoms with Gasteiger partial charge < -0.3 is 14.7 Å². The number of nitrogens with zero attached hydrogens (tertiary/aromatic N) is 3. The van der Waals surface area contributed by atoms with Gasteiger partial charge in [0.25, 0.3) is 5.92 Å². The van der Waals surface area contributed by atoms with Gasteiger partial charge in [-0.1, -0.05) is 29.8 Å². The van der Waals surface area contributed by atoms with Gasteiger partial charge in [0.05, 0.1) is 23.2 Å². The highest BCUT2D eigenvalue weighted by Crippen LogP contribution is 2.52. The number of likely N-dealkylation sites (tertiary alicyclic amines) is 1. The second-order valence-electron chi connectivity index (χ2n) is 10.4. The first kappa shape index (κ1) is 23.8. The zero-order valence-corrected chi connectivity index (χ0v) is 21.3. The maximum Gasteiger partial charge on any atom is 0.297 e. The smallest absolute Gasteiger partial charge is 0.297 e. The van der Waals surface area contributed by atoms with E-state index >= 15 is 0 Å². The maximum absolute atomic E-state index is 14.4. The van der Waals surface area contributed by atoms with Gasteiger partial charge in [0.2, 0.25) is 0 Å². The van der Waals surface area contributed by atoms with E-state index in [1.807, 2.05) is 12.1 Å². The van der Waals surface area contributed by atoms with Crippen LogP contribution in [0.5, 0.6) is 0 Å². The summed E-state index contributed by atoms with van der Waals surface area (Å²) in [4.78, 5) is 3.01. The summed E-state index contributed by atoms with van der Waals surface area (Å²) in [7, 11) is 0. The molecule has 1 atom stereocenters. The van der Waals surface area contributed by atoms with Crippen molar-refractivity contribution in [1.82, 2.24) is 4.90 Å². The van der Waals surface area contributed by atoms with Crippen molar-refractivity contribution in [2.45, 2.75) is 56.7 Å². The number of fused-ring (bicyclic) bond motifs is 2. The van der Waals surface area contributed by atoms with E-state index in [0.717, 1.165) is 43.1 Å². The molecule has 1 saturated carbocycles. The number of rotatable bonds is 5. The van der Waals surface area contributed by atoms with Gasteiger partial charge in [-0.05, 0) is 50.2 Å². The standard InChI is InChI=1S/C26H30ClF2N3O2S/c1-16-19(13-32(30-16)23-18(14-33)3-2-4-20(23)17-5-6-17)12-31-9-7-25(8-10-31)24-21(11-22(27)35-24)26(28,29)15-34-25/h2-4,11,17,19,33H,5-10,12-15H2,1H3. The van der Waals surface area contributed by atoms with Crippen LogP contribution in [0.3, 0.4) is 0 Å². The van der Waals surface area contributed by atoms with Crippen molar-refractivity contribution in [1.29, 1.82) is 0 Å². The third kappa shape index (κ3) is 4.21. The van der Waals surface area contributed by atoms with Crippen LogP contribution >= 0.6 is 22.9 Å². The molecule has 1 aromatic heterocycles. The number of hydrogen-bond donors (Lipinski definition) is 1. The molecule has 2 fully saturated rings. The first-order valence-electron chi connectivity index (χ1n) is 12.4. The highest BCUT2D eigenvalue weighted by atomic mass is 35.5. The lowest BCUT2D eigenvalue weighted by molar-refractivity contribution is -0.181. The summed E-state index contributed by atoms with van der Waals surface area (Å²) in [6.07, 6.45) is 3.75. The van der Waals surface area contributed by atoms with E-state index in [9.17, 15) is 13.9 Å². The number of anilines is 1. The summed E-state index contributed by atoms with van der Waals surface area (Å²) in [6.45, 7) is 4.74. The Bertz CT molecular complexity index is 1160. The number of aliphatic hydroxyl groups is 1. The molecule has 6 rings (SSSR count). The second kappa shape index (κ2) is 8.77. The van der Waals surface area contributed by atoms with Crippen molar-refractivity contribution in [3.8, 4) is 0 Å². The minimum atomic E-state index is -2.98. The zero-order chi connectivity index (χ0) is 24.4. The van der Waals surface area contributed by atoms with Gasteiger partial charge in [0, 0.05) is 47.3 Å². The van der Waals surface area contributed by atoms with Crippen LogP contribution in [0.4, 0.5) is 14.5 Å². The van der Waals surface area contributed by atoms with Crippen LogP contribution < -0.4 is 5.01 Å². The summed E-state index contributed by atoms with van der Waals surface area (Å²) in [6, 6.07) is 7.62. The SMILES string of the molecule is CC1=NN(c2c(CO)cccc2C2CC2)CC1CN1CCC2(CC1)OCC(F)(F)c1cc(Cl)sc12. The Morgan fingerprint density at radius 2 is 2.03 bits per heavy atom. The van der Waals surface area contributed by atoms with E-state index in [1.165, 1.54) is 35.8 Å². The molecule has 4 heterocycles. The first-order chi connectivity index (χ1) is 16.8. The summed E-state index contributed by atoms with van der Waals surface area (Å²) in [5, 5.41) is 17.0. The minimum Gasteiger partial charge on any atom is -0.392 e. The quantitative estimate of drug-likeness (QED) is 0.548. The number of ether oxygens (including phenoxy) is 1. The maximum atomic E-state index is 14.4. The summed E-state index contributed by atoms with van der Waals surface area (Å²) in [5.41, 5.74) is 3.80. The molecule has 5 nitrogen and oxygen atoms in total. The number of aliphatic hydroxyl groups excluding tert-OH is 1. The van der Waals surface area contributed by atoms with Gasteiger partial charge in [-0.2, -0.15) is 13.9 Å². The molecule has 188 valence electrons. The highest BCUT2D eigenvalue weighted by molar-refractivity contribution is 7.16. The van der Waals surface area contributed by atoms with Crippen LogP contribution in [-0.2, 0) is 22.9 Å². The fourth-order valence-electron chi connectivity index (χ4n) is 5.89. The molecular formula is C26H30ClF2N3O2S. The molecule has 1 spiro atoms. The van der Waals surface area contributed by atoms with E-state index in [1.54, 1.807) is 0 Å². The van der Waals surface area contributed by atoms with Crippen molar-refractivity contribution in [3.63, 3.8) is 0 Å². The number of hydrazone groups is 1. The number of alkyl halides is 2. The van der Waals surface area contributed by atoms with Gasteiger partial charge in [0.15, 0.2) is 0 Å². The molecular weight excluding hydrogens is 492 g/mol. The van der Waals surface area contributed by atoms with Crippen molar-refractivity contribution < 1.29 is 18.6 Å². The fraction of sp³-hybridized carbons (Fsp3) is 0.577. The van der Waals surface area contributed by atoms with E-state index < -0.39 is 18.1 Å². The number of benzene rings is 1. The lowest BCUT2D eigenvalue weighted by Crippen LogP contribution is -2.50. The number of thiophene rings is 1. The van der Waals surface area contributed by atoms with Gasteiger partial charge in [0.1, 0.15) is 12.2 Å². The second-order valence-corrected chi connectivity index (χ2v) is 12.1. The summed E-state index contributed by atoms with van der Waals surface area (Å²) in [5.74, 6) is -2.12. The molecule has 9 heteroatoms. The van der Waals surface area contributed by atoms with Crippen LogP contribution in [0.15, 0.2) is 29.4 Å². The Morgan fingerprint density at radius 3 is 2.74 bits per heavy atom. The van der Waals surface area contributed by atoms with Crippen molar-refractivity contribution in [2.75, 3.05) is 37.8 Å². The minimum absolute atomic E-state index is 0.00755. The molecule has 0 radical (unpaired) electrons. The molecule has 1 unspecified atom stereocenters. The normalized spacial score (nSPS) is 25.7. The predicted octanol–water partition coefficient (Wildman–Crippen LogP) is 5.70. The zero-order valence-electron chi connectivity index (χ0n) is 19.8. The van der Waals surface area contributed by atoms with Gasteiger partial charge in [-0.3, -0.25) is 5.01 Å². The number of piperidine rings is 1. The largest absolute Gasteiger partial charge is 0.392 e. The number of hydrogen-bond acceptors (Lipinski definition) is 6. The molecule has 2 aromatic rings. The average molecular weight is 522 g/mol. The van der Waals surface area contributed by atoms with E-state index in [0.29, 0.717) is 28.0 Å². The van der Waals surface area contributed by atoms with Crippen LogP contribution in [0.1, 0.15) is 60.1 Å². The predicted molar refractivity (Wildman–Crippen MR) is 135 cm³/mol. The molecule has 1 aromatic carbocycles. The van der Waals surface area contributed by atoms with Crippen molar-refractivity contribution >= 4 is 34.3 Å². The molecule has 1 aliphatic carbocycles. The van der Waals surface area contributed by atoms with E-state index in [-0.39, 0.29) is 18.1 Å². The molecule has 35 heavy (non-hydrogen) atoms. The number of halogens is 3. The molecule has 0 bridgehead atoms. The van der Waals surface area contributed by atoms with Crippen molar-refractivity contribution in [3.05, 3.63) is 50.2 Å². The molecule has 4 aliphatic rings. The monoisotopic (exact) mass is 521 g/mol. The Kier molecular flexibility index (Phi) is 5.96. The Morgan fingerprint density at radius 1 is 1.26 bits per heavy atom. The van der Waals surface area contributed by atoms with Crippen LogP contribution in [0, 0.1) is 5.92 Å². The summed E-state index contributed by atoms with van der Waals surface area (Å²) >= 11 is 7.38. The van der Waals surface area contributed by atoms with Crippen LogP contribution in [-0.4, -0.2) is 48.5 Å². The lowest BCUT2D eigenvalue weighted by atomic mass is 9.84. The van der Waals surface area contributed by atoms with E-state index in [4.69, 9.17) is 21.4 Å². The van der Waals surface area contributed by atoms with Crippen LogP contribution in [0.2, 0.25) is 4.34 Å². The highest BCUT2D eigenvalue weighted by Gasteiger charge is 2.51. The Labute approximate surface area is 213 Å². The lowest BCUT2D eigenvalue weighted by Gasteiger charge is -2.45. The van der Waals surface area contributed by atoms with Gasteiger partial charge in [-0.25, -0.2) is 0 Å². The number of para-hydroxylation sites is 1. The topological polar surface area (TPSA) is 48.3 Å². The summed E-state index contributed by atoms with van der Waals surface area (Å²) < 4.78 is 35.1. The van der Waals surface area contributed by atoms with Gasteiger partial charge >= 0.3 is 0 Å². The third-order valence-corrected chi connectivity index (χ3v) is 9.49. The fourth-order valence-corrected chi connectivity index (χ4v) is 7.36. The molecule has 1 saturated heterocycles. The van der Waals surface area contributed by atoms with Crippen molar-refractivity contribution in [2.24, 2.45) is 11.0 Å². The molecule has 3 aliphatic heterocycles. The van der Waals surface area contributed by atoms with E-state index in [2.05, 4.69) is 22.9 Å². The average Bonchev–Trinajstić information content (AvgIpc) is 3.52. The Balaban J connectivity index is 1.14. The molecule has 1 N–H and O–H groups in total. The van der Waals surface area contributed by atoms with Crippen LogP contribution in [0.25, 0.3) is 0 Å².